The number of rotatable bonds is 3. The summed E-state index contributed by atoms with van der Waals surface area (Å²) in [4.78, 5) is 14.1. The molecule has 1 N–H and O–H groups in total. The van der Waals surface area contributed by atoms with Crippen molar-refractivity contribution < 1.29 is 14.6 Å². The second-order valence-corrected chi connectivity index (χ2v) is 7.07. The van der Waals surface area contributed by atoms with Gasteiger partial charge in [0.1, 0.15) is 5.41 Å². The quantitative estimate of drug-likeness (QED) is 0.863. The Morgan fingerprint density at radius 1 is 1.20 bits per heavy atom. The predicted molar refractivity (Wildman–Crippen MR) is 76.6 cm³/mol. The molecular formula is C16H27NO3. The molecule has 0 aromatic rings. The van der Waals surface area contributed by atoms with Crippen LogP contribution in [0.3, 0.4) is 0 Å². The van der Waals surface area contributed by atoms with Gasteiger partial charge in [0.25, 0.3) is 0 Å². The minimum atomic E-state index is -0.664. The maximum atomic E-state index is 11.7. The zero-order chi connectivity index (χ0) is 14.0. The Morgan fingerprint density at radius 2 is 2.00 bits per heavy atom. The molecule has 1 saturated carbocycles. The first-order chi connectivity index (χ1) is 9.70. The summed E-state index contributed by atoms with van der Waals surface area (Å²) in [5, 5.41) is 9.65. The van der Waals surface area contributed by atoms with Gasteiger partial charge in [-0.25, -0.2) is 0 Å². The number of carboxylic acid groups (broad SMARTS) is 1. The number of likely N-dealkylation sites (tertiary alicyclic amines) is 1. The second kappa shape index (κ2) is 6.02. The summed E-state index contributed by atoms with van der Waals surface area (Å²) >= 11 is 0. The highest BCUT2D eigenvalue weighted by Gasteiger charge is 2.43. The standard InChI is InChI=1S/C16H27NO3/c18-15(19)16(7-3-9-20-12-16)11-17-8-6-13-4-1-2-5-14(13)10-17/h13-14H,1-12H2,(H,18,19). The van der Waals surface area contributed by atoms with Gasteiger partial charge in [0.05, 0.1) is 6.61 Å². The lowest BCUT2D eigenvalue weighted by molar-refractivity contribution is -0.160. The van der Waals surface area contributed by atoms with E-state index >= 15 is 0 Å². The van der Waals surface area contributed by atoms with E-state index in [4.69, 9.17) is 4.74 Å². The van der Waals surface area contributed by atoms with E-state index in [0.29, 0.717) is 13.2 Å². The van der Waals surface area contributed by atoms with Crippen LogP contribution in [-0.4, -0.2) is 48.8 Å². The summed E-state index contributed by atoms with van der Waals surface area (Å²) in [6, 6.07) is 0. The molecule has 0 radical (unpaired) electrons. The Kier molecular flexibility index (Phi) is 4.32. The Bertz CT molecular complexity index is 352. The number of piperidine rings is 1. The molecule has 0 bridgehead atoms. The van der Waals surface area contributed by atoms with Gasteiger partial charge in [0, 0.05) is 19.7 Å². The summed E-state index contributed by atoms with van der Waals surface area (Å²) < 4.78 is 5.49. The van der Waals surface area contributed by atoms with Crippen molar-refractivity contribution in [1.29, 1.82) is 0 Å². The van der Waals surface area contributed by atoms with E-state index in [1.54, 1.807) is 0 Å². The highest BCUT2D eigenvalue weighted by molar-refractivity contribution is 5.75. The molecule has 2 heterocycles. The van der Waals surface area contributed by atoms with Crippen molar-refractivity contribution in [1.82, 2.24) is 4.90 Å². The fourth-order valence-electron chi connectivity index (χ4n) is 4.46. The molecule has 3 unspecified atom stereocenters. The molecule has 3 rings (SSSR count). The highest BCUT2D eigenvalue weighted by atomic mass is 16.5. The number of hydrogen-bond acceptors (Lipinski definition) is 3. The zero-order valence-corrected chi connectivity index (χ0v) is 12.4. The number of fused-ring (bicyclic) bond motifs is 1. The van der Waals surface area contributed by atoms with E-state index in [2.05, 4.69) is 4.90 Å². The molecule has 2 aliphatic heterocycles. The number of hydrogen-bond donors (Lipinski definition) is 1. The molecule has 3 fully saturated rings. The van der Waals surface area contributed by atoms with Gasteiger partial charge < -0.3 is 14.7 Å². The fourth-order valence-corrected chi connectivity index (χ4v) is 4.46. The topological polar surface area (TPSA) is 49.8 Å². The Hall–Kier alpha value is -0.610. The van der Waals surface area contributed by atoms with Crippen molar-refractivity contribution in [3.05, 3.63) is 0 Å². The summed E-state index contributed by atoms with van der Waals surface area (Å²) in [5.74, 6) is 1.05. The number of aliphatic carboxylic acids is 1. The molecule has 4 nitrogen and oxygen atoms in total. The smallest absolute Gasteiger partial charge is 0.313 e. The van der Waals surface area contributed by atoms with Crippen molar-refractivity contribution in [2.75, 3.05) is 32.8 Å². The number of ether oxygens (including phenoxy) is 1. The molecule has 1 aliphatic carbocycles. The van der Waals surface area contributed by atoms with E-state index in [1.165, 1.54) is 32.1 Å². The van der Waals surface area contributed by atoms with Gasteiger partial charge in [0.15, 0.2) is 0 Å². The van der Waals surface area contributed by atoms with Crippen LogP contribution in [0.2, 0.25) is 0 Å². The summed E-state index contributed by atoms with van der Waals surface area (Å²) in [6.07, 6.45) is 8.42. The maximum absolute atomic E-state index is 11.7. The van der Waals surface area contributed by atoms with Crippen LogP contribution in [0.5, 0.6) is 0 Å². The molecule has 4 heteroatoms. The first kappa shape index (κ1) is 14.3. The third kappa shape index (κ3) is 2.86. The van der Waals surface area contributed by atoms with Crippen molar-refractivity contribution >= 4 is 5.97 Å². The van der Waals surface area contributed by atoms with Crippen LogP contribution in [-0.2, 0) is 9.53 Å². The Balaban J connectivity index is 1.62. The molecule has 20 heavy (non-hydrogen) atoms. The van der Waals surface area contributed by atoms with Crippen LogP contribution >= 0.6 is 0 Å². The van der Waals surface area contributed by atoms with E-state index in [9.17, 15) is 9.90 Å². The van der Waals surface area contributed by atoms with E-state index < -0.39 is 11.4 Å². The van der Waals surface area contributed by atoms with Gasteiger partial charge >= 0.3 is 5.97 Å². The van der Waals surface area contributed by atoms with Gasteiger partial charge in [0.2, 0.25) is 0 Å². The van der Waals surface area contributed by atoms with Crippen LogP contribution in [0.1, 0.15) is 44.9 Å². The first-order valence-corrected chi connectivity index (χ1v) is 8.23. The zero-order valence-electron chi connectivity index (χ0n) is 12.4. The minimum Gasteiger partial charge on any atom is -0.481 e. The lowest BCUT2D eigenvalue weighted by atomic mass is 9.74. The highest BCUT2D eigenvalue weighted by Crippen LogP contribution is 2.38. The Labute approximate surface area is 121 Å². The van der Waals surface area contributed by atoms with Gasteiger partial charge in [-0.15, -0.1) is 0 Å². The Morgan fingerprint density at radius 3 is 2.70 bits per heavy atom. The molecular weight excluding hydrogens is 254 g/mol. The molecule has 3 atom stereocenters. The second-order valence-electron chi connectivity index (χ2n) is 7.07. The monoisotopic (exact) mass is 281 g/mol. The third-order valence-electron chi connectivity index (χ3n) is 5.68. The largest absolute Gasteiger partial charge is 0.481 e. The van der Waals surface area contributed by atoms with Crippen LogP contribution in [0.15, 0.2) is 0 Å². The van der Waals surface area contributed by atoms with Gasteiger partial charge in [-0.3, -0.25) is 4.79 Å². The van der Waals surface area contributed by atoms with Crippen molar-refractivity contribution in [3.8, 4) is 0 Å². The summed E-state index contributed by atoms with van der Waals surface area (Å²) in [6.45, 7) is 3.99. The summed E-state index contributed by atoms with van der Waals surface area (Å²) in [7, 11) is 0. The fraction of sp³-hybridized carbons (Fsp3) is 0.938. The lowest BCUT2D eigenvalue weighted by Gasteiger charge is -2.44. The maximum Gasteiger partial charge on any atom is 0.313 e. The summed E-state index contributed by atoms with van der Waals surface area (Å²) in [5.41, 5.74) is -0.653. The van der Waals surface area contributed by atoms with Gasteiger partial charge in [-0.1, -0.05) is 19.3 Å². The molecule has 0 aromatic carbocycles. The van der Waals surface area contributed by atoms with E-state index in [1.807, 2.05) is 0 Å². The van der Waals surface area contributed by atoms with E-state index in [0.717, 1.165) is 44.4 Å². The number of nitrogens with zero attached hydrogens (tertiary/aromatic N) is 1. The van der Waals surface area contributed by atoms with Gasteiger partial charge in [-0.2, -0.15) is 0 Å². The number of carbonyl (C=O) groups is 1. The predicted octanol–water partition coefficient (Wildman–Crippen LogP) is 2.38. The van der Waals surface area contributed by atoms with Crippen molar-refractivity contribution in [2.24, 2.45) is 17.3 Å². The number of carboxylic acids is 1. The van der Waals surface area contributed by atoms with Crippen molar-refractivity contribution in [3.63, 3.8) is 0 Å². The van der Waals surface area contributed by atoms with Crippen molar-refractivity contribution in [2.45, 2.75) is 44.9 Å². The first-order valence-electron chi connectivity index (χ1n) is 8.23. The average Bonchev–Trinajstić information content (AvgIpc) is 2.48. The third-order valence-corrected chi connectivity index (χ3v) is 5.68. The molecule has 3 aliphatic rings. The van der Waals surface area contributed by atoms with Crippen LogP contribution in [0.4, 0.5) is 0 Å². The van der Waals surface area contributed by atoms with Crippen LogP contribution < -0.4 is 0 Å². The molecule has 0 spiro atoms. The lowest BCUT2D eigenvalue weighted by Crippen LogP contribution is -2.52. The molecule has 0 aromatic heterocycles. The molecule has 114 valence electrons. The van der Waals surface area contributed by atoms with Gasteiger partial charge in [-0.05, 0) is 44.1 Å². The molecule has 2 saturated heterocycles. The van der Waals surface area contributed by atoms with Crippen LogP contribution in [0, 0.1) is 17.3 Å². The SMILES string of the molecule is O=C(O)C1(CN2CCC3CCCCC3C2)CCCOC1. The average molecular weight is 281 g/mol. The van der Waals surface area contributed by atoms with E-state index in [-0.39, 0.29) is 0 Å². The molecule has 0 amide bonds. The minimum absolute atomic E-state index is 0.396. The normalized spacial score (nSPS) is 39.2. The van der Waals surface area contributed by atoms with Crippen LogP contribution in [0.25, 0.3) is 0 Å².